The molecule has 0 aliphatic heterocycles. The molecule has 0 atom stereocenters. The molecule has 7 heteroatoms. The van der Waals surface area contributed by atoms with Gasteiger partial charge < -0.3 is 4.79 Å². The first-order chi connectivity index (χ1) is 7.23. The van der Waals surface area contributed by atoms with Crippen LogP contribution >= 0.6 is 11.6 Å². The fourth-order valence-corrected chi connectivity index (χ4v) is 1.52. The molecule has 0 spiro atoms. The molecule has 1 aromatic heterocycles. The third-order valence-corrected chi connectivity index (χ3v) is 2.54. The summed E-state index contributed by atoms with van der Waals surface area (Å²) in [6.07, 6.45) is -4.57. The van der Waals surface area contributed by atoms with Gasteiger partial charge in [-0.15, -0.1) is 0 Å². The van der Waals surface area contributed by atoms with Crippen LogP contribution in [0.15, 0.2) is 0 Å². The molecule has 16 heavy (non-hydrogen) atoms. The maximum Gasteiger partial charge on any atom is 0.435 e. The summed E-state index contributed by atoms with van der Waals surface area (Å²) in [5, 5.41) is 3.23. The molecule has 1 rings (SSSR count). The average Bonchev–Trinajstić information content (AvgIpc) is 2.40. The van der Waals surface area contributed by atoms with Crippen molar-refractivity contribution >= 4 is 17.4 Å². The minimum Gasteiger partial charge on any atom is -0.300 e. The second-order valence-electron chi connectivity index (χ2n) is 3.44. The predicted molar refractivity (Wildman–Crippen MR) is 52.2 cm³/mol. The van der Waals surface area contributed by atoms with Crippen LogP contribution in [-0.4, -0.2) is 15.6 Å². The normalized spacial score (nSPS) is 11.9. The van der Waals surface area contributed by atoms with E-state index < -0.39 is 11.9 Å². The van der Waals surface area contributed by atoms with E-state index in [9.17, 15) is 18.0 Å². The van der Waals surface area contributed by atoms with Gasteiger partial charge in [0.2, 0.25) is 0 Å². The van der Waals surface area contributed by atoms with Gasteiger partial charge in [-0.05, 0) is 13.3 Å². The zero-order chi connectivity index (χ0) is 12.5. The summed E-state index contributed by atoms with van der Waals surface area (Å²) < 4.78 is 38.6. The van der Waals surface area contributed by atoms with Crippen molar-refractivity contribution in [2.24, 2.45) is 7.05 Å². The topological polar surface area (TPSA) is 34.9 Å². The second-order valence-corrected chi connectivity index (χ2v) is 3.80. The SMILES string of the molecule is CC(=O)CCc1c(C(F)(F)F)nn(C)c1Cl. The minimum atomic E-state index is -4.54. The highest BCUT2D eigenvalue weighted by molar-refractivity contribution is 6.30. The van der Waals surface area contributed by atoms with Gasteiger partial charge in [-0.2, -0.15) is 18.3 Å². The Bertz CT molecular complexity index is 412. The van der Waals surface area contributed by atoms with E-state index in [1.807, 2.05) is 0 Å². The maximum absolute atomic E-state index is 12.5. The minimum absolute atomic E-state index is 0.0223. The van der Waals surface area contributed by atoms with Gasteiger partial charge in [-0.25, -0.2) is 0 Å². The Hall–Kier alpha value is -1.04. The Morgan fingerprint density at radius 3 is 2.50 bits per heavy atom. The van der Waals surface area contributed by atoms with Gasteiger partial charge in [0.15, 0.2) is 5.69 Å². The Kier molecular flexibility index (Phi) is 3.62. The lowest BCUT2D eigenvalue weighted by molar-refractivity contribution is -0.142. The number of halogens is 4. The van der Waals surface area contributed by atoms with Crippen molar-refractivity contribution in [2.75, 3.05) is 0 Å². The van der Waals surface area contributed by atoms with Crippen LogP contribution in [0.2, 0.25) is 5.15 Å². The number of hydrogen-bond donors (Lipinski definition) is 0. The first kappa shape index (κ1) is 13.0. The third kappa shape index (κ3) is 2.75. The Labute approximate surface area is 95.2 Å². The van der Waals surface area contributed by atoms with Crippen molar-refractivity contribution in [3.05, 3.63) is 16.4 Å². The smallest absolute Gasteiger partial charge is 0.300 e. The van der Waals surface area contributed by atoms with Crippen molar-refractivity contribution in [1.29, 1.82) is 0 Å². The van der Waals surface area contributed by atoms with E-state index in [1.54, 1.807) is 0 Å². The van der Waals surface area contributed by atoms with Gasteiger partial charge in [-0.1, -0.05) is 11.6 Å². The number of rotatable bonds is 3. The van der Waals surface area contributed by atoms with Crippen LogP contribution in [-0.2, 0) is 24.4 Å². The van der Waals surface area contributed by atoms with Crippen LogP contribution in [0.4, 0.5) is 13.2 Å². The maximum atomic E-state index is 12.5. The lowest BCUT2D eigenvalue weighted by Crippen LogP contribution is -2.10. The number of hydrogen-bond acceptors (Lipinski definition) is 2. The molecule has 0 unspecified atom stereocenters. The van der Waals surface area contributed by atoms with E-state index in [0.717, 1.165) is 4.68 Å². The number of carbonyl (C=O) groups is 1. The van der Waals surface area contributed by atoms with Gasteiger partial charge >= 0.3 is 6.18 Å². The molecule has 0 amide bonds. The van der Waals surface area contributed by atoms with Gasteiger partial charge in [-0.3, -0.25) is 4.68 Å². The fourth-order valence-electron chi connectivity index (χ4n) is 1.30. The summed E-state index contributed by atoms with van der Waals surface area (Å²) in [4.78, 5) is 10.7. The van der Waals surface area contributed by atoms with Gasteiger partial charge in [0.05, 0.1) is 0 Å². The van der Waals surface area contributed by atoms with Gasteiger partial charge in [0.25, 0.3) is 0 Å². The Morgan fingerprint density at radius 2 is 2.06 bits per heavy atom. The number of carbonyl (C=O) groups excluding carboxylic acids is 1. The van der Waals surface area contributed by atoms with Crippen LogP contribution in [0.1, 0.15) is 24.6 Å². The molecule has 0 saturated heterocycles. The highest BCUT2D eigenvalue weighted by atomic mass is 35.5. The molecule has 0 bridgehead atoms. The molecule has 0 aliphatic carbocycles. The summed E-state index contributed by atoms with van der Waals surface area (Å²) in [5.74, 6) is -0.187. The van der Waals surface area contributed by atoms with Crippen LogP contribution in [0.3, 0.4) is 0 Å². The molecule has 0 saturated carbocycles. The van der Waals surface area contributed by atoms with E-state index in [0.29, 0.717) is 0 Å². The summed E-state index contributed by atoms with van der Waals surface area (Å²) in [6, 6.07) is 0. The monoisotopic (exact) mass is 254 g/mol. The zero-order valence-corrected chi connectivity index (χ0v) is 9.48. The van der Waals surface area contributed by atoms with E-state index >= 15 is 0 Å². The second kappa shape index (κ2) is 4.45. The molecule has 0 aliphatic rings. The number of nitrogens with zero attached hydrogens (tertiary/aromatic N) is 2. The molecule has 90 valence electrons. The van der Waals surface area contributed by atoms with Gasteiger partial charge in [0.1, 0.15) is 10.9 Å². The first-order valence-corrected chi connectivity index (χ1v) is 4.89. The Balaban J connectivity index is 3.09. The number of ketones is 1. The molecular formula is C9H10ClF3N2O. The number of Topliss-reactive ketones (excluding diaryl/α,β-unsaturated/α-hetero) is 1. The van der Waals surface area contributed by atoms with Crippen molar-refractivity contribution in [2.45, 2.75) is 25.9 Å². The van der Waals surface area contributed by atoms with Crippen LogP contribution in [0.25, 0.3) is 0 Å². The van der Waals surface area contributed by atoms with E-state index in [-0.39, 0.29) is 29.3 Å². The summed E-state index contributed by atoms with van der Waals surface area (Å²) in [6.45, 7) is 1.32. The molecule has 3 nitrogen and oxygen atoms in total. The van der Waals surface area contributed by atoms with Crippen molar-refractivity contribution in [1.82, 2.24) is 9.78 Å². The summed E-state index contributed by atoms with van der Waals surface area (Å²) >= 11 is 5.69. The standard InChI is InChI=1S/C9H10ClF3N2O/c1-5(16)3-4-6-7(9(11,12)13)14-15(2)8(6)10/h3-4H2,1-2H3. The fraction of sp³-hybridized carbons (Fsp3) is 0.556. The molecule has 0 aromatic carbocycles. The van der Waals surface area contributed by atoms with E-state index in [4.69, 9.17) is 11.6 Å². The first-order valence-electron chi connectivity index (χ1n) is 4.51. The van der Waals surface area contributed by atoms with E-state index in [2.05, 4.69) is 5.10 Å². The highest BCUT2D eigenvalue weighted by Crippen LogP contribution is 2.34. The lowest BCUT2D eigenvalue weighted by atomic mass is 10.1. The van der Waals surface area contributed by atoms with Crippen LogP contribution in [0, 0.1) is 0 Å². The van der Waals surface area contributed by atoms with Crippen molar-refractivity contribution in [3.8, 4) is 0 Å². The third-order valence-electron chi connectivity index (χ3n) is 2.06. The average molecular weight is 255 g/mol. The summed E-state index contributed by atoms with van der Waals surface area (Å²) in [7, 11) is 1.33. The number of aryl methyl sites for hydroxylation is 1. The summed E-state index contributed by atoms with van der Waals surface area (Å²) in [5.41, 5.74) is -1.13. The largest absolute Gasteiger partial charge is 0.435 e. The molecular weight excluding hydrogens is 245 g/mol. The molecule has 1 aromatic rings. The highest BCUT2D eigenvalue weighted by Gasteiger charge is 2.38. The number of aromatic nitrogens is 2. The van der Waals surface area contributed by atoms with Crippen molar-refractivity contribution < 1.29 is 18.0 Å². The molecule has 1 heterocycles. The predicted octanol–water partition coefficient (Wildman–Crippen LogP) is 2.61. The molecule has 0 N–H and O–H groups in total. The van der Waals surface area contributed by atoms with Crippen LogP contribution in [0.5, 0.6) is 0 Å². The number of alkyl halides is 3. The molecule has 0 radical (unpaired) electrons. The molecule has 0 fully saturated rings. The lowest BCUT2D eigenvalue weighted by Gasteiger charge is -2.05. The zero-order valence-electron chi connectivity index (χ0n) is 8.73. The van der Waals surface area contributed by atoms with Gasteiger partial charge in [0, 0.05) is 19.0 Å². The van der Waals surface area contributed by atoms with Crippen molar-refractivity contribution in [3.63, 3.8) is 0 Å². The quantitative estimate of drug-likeness (QED) is 0.831. The van der Waals surface area contributed by atoms with Crippen LogP contribution < -0.4 is 0 Å². The van der Waals surface area contributed by atoms with E-state index in [1.165, 1.54) is 14.0 Å². The Morgan fingerprint density at radius 1 is 1.50 bits per heavy atom.